The van der Waals surface area contributed by atoms with Gasteiger partial charge in [-0.2, -0.15) is 0 Å². The summed E-state index contributed by atoms with van der Waals surface area (Å²) in [5.74, 6) is 1.09. The van der Waals surface area contributed by atoms with E-state index < -0.39 is 0 Å². The first-order chi connectivity index (χ1) is 11.7. The van der Waals surface area contributed by atoms with Gasteiger partial charge in [0.05, 0.1) is 6.20 Å². The zero-order valence-corrected chi connectivity index (χ0v) is 13.5. The summed E-state index contributed by atoms with van der Waals surface area (Å²) in [6, 6.07) is 5.36. The average molecular weight is 326 g/mol. The summed E-state index contributed by atoms with van der Waals surface area (Å²) < 4.78 is 15.2. The number of nitrogens with zero attached hydrogens (tertiary/aromatic N) is 5. The van der Waals surface area contributed by atoms with Crippen molar-refractivity contribution >= 4 is 11.5 Å². The molecule has 7 heteroatoms. The molecule has 24 heavy (non-hydrogen) atoms. The van der Waals surface area contributed by atoms with Crippen LogP contribution in [0.5, 0.6) is 0 Å². The van der Waals surface area contributed by atoms with Gasteiger partial charge in [-0.25, -0.2) is 19.3 Å². The zero-order valence-electron chi connectivity index (χ0n) is 13.5. The molecule has 1 aliphatic heterocycles. The molecule has 4 heterocycles. The second-order valence-corrected chi connectivity index (χ2v) is 6.07. The van der Waals surface area contributed by atoms with Crippen LogP contribution in [0, 0.1) is 5.82 Å². The lowest BCUT2D eigenvalue weighted by atomic mass is 10.1. The number of piperidine rings is 1. The van der Waals surface area contributed by atoms with Gasteiger partial charge in [0.2, 0.25) is 0 Å². The molecule has 0 saturated carbocycles. The highest BCUT2D eigenvalue weighted by Gasteiger charge is 2.20. The van der Waals surface area contributed by atoms with E-state index in [-0.39, 0.29) is 5.82 Å². The van der Waals surface area contributed by atoms with E-state index in [1.165, 1.54) is 18.7 Å². The van der Waals surface area contributed by atoms with Gasteiger partial charge in [0.25, 0.3) is 0 Å². The summed E-state index contributed by atoms with van der Waals surface area (Å²) >= 11 is 0. The molecule has 3 aromatic heterocycles. The Balaban J connectivity index is 1.70. The monoisotopic (exact) mass is 326 g/mol. The van der Waals surface area contributed by atoms with Crippen LogP contribution >= 0.6 is 0 Å². The summed E-state index contributed by atoms with van der Waals surface area (Å²) in [6.45, 7) is 2.03. The van der Waals surface area contributed by atoms with Crippen LogP contribution in [0.25, 0.3) is 17.2 Å². The number of rotatable bonds is 3. The third-order valence-electron chi connectivity index (χ3n) is 4.52. The van der Waals surface area contributed by atoms with E-state index in [2.05, 4.69) is 32.2 Å². The molecular formula is C17H19FN6. The molecule has 1 saturated heterocycles. The van der Waals surface area contributed by atoms with Crippen LogP contribution < -0.4 is 10.2 Å². The molecule has 0 radical (unpaired) electrons. The van der Waals surface area contributed by atoms with Crippen LogP contribution in [0.4, 0.5) is 10.2 Å². The molecule has 124 valence electrons. The number of nitrogens with one attached hydrogen (secondary N) is 1. The number of hydrogen-bond acceptors (Lipinski definition) is 5. The normalized spacial score (nSPS) is 18.0. The molecule has 0 aliphatic carbocycles. The molecule has 4 rings (SSSR count). The summed E-state index contributed by atoms with van der Waals surface area (Å²) in [5, 5.41) is 3.42. The third kappa shape index (κ3) is 2.71. The quantitative estimate of drug-likeness (QED) is 0.799. The predicted molar refractivity (Wildman–Crippen MR) is 90.5 cm³/mol. The number of fused-ring (bicyclic) bond motifs is 1. The van der Waals surface area contributed by atoms with Crippen LogP contribution in [0.1, 0.15) is 12.8 Å². The van der Waals surface area contributed by atoms with Crippen LogP contribution in [0.3, 0.4) is 0 Å². The number of hydrogen-bond donors (Lipinski definition) is 1. The van der Waals surface area contributed by atoms with Gasteiger partial charge in [-0.3, -0.25) is 4.40 Å². The highest BCUT2D eigenvalue weighted by Crippen LogP contribution is 2.22. The van der Waals surface area contributed by atoms with Crippen LogP contribution in [-0.4, -0.2) is 45.5 Å². The number of anilines is 1. The first kappa shape index (κ1) is 15.0. The van der Waals surface area contributed by atoms with E-state index >= 15 is 0 Å². The van der Waals surface area contributed by atoms with Crippen molar-refractivity contribution in [1.82, 2.24) is 24.7 Å². The number of pyridine rings is 1. The highest BCUT2D eigenvalue weighted by atomic mass is 19.1. The van der Waals surface area contributed by atoms with E-state index in [1.807, 2.05) is 6.07 Å². The topological polar surface area (TPSA) is 58.4 Å². The molecule has 1 aliphatic rings. The average Bonchev–Trinajstić information content (AvgIpc) is 3.05. The van der Waals surface area contributed by atoms with Crippen LogP contribution in [0.2, 0.25) is 0 Å². The number of likely N-dealkylation sites (N-methyl/N-ethyl adjacent to an activating group) is 1. The molecule has 6 nitrogen and oxygen atoms in total. The second kappa shape index (κ2) is 6.16. The minimum absolute atomic E-state index is 0.316. The van der Waals surface area contributed by atoms with Gasteiger partial charge in [0, 0.05) is 32.0 Å². The molecule has 0 spiro atoms. The summed E-state index contributed by atoms with van der Waals surface area (Å²) in [7, 11) is 2.05. The maximum absolute atomic E-state index is 13.6. The molecule has 0 unspecified atom stereocenters. The van der Waals surface area contributed by atoms with E-state index in [1.54, 1.807) is 22.9 Å². The first-order valence-electron chi connectivity index (χ1n) is 8.12. The maximum Gasteiger partial charge on any atom is 0.180 e. The van der Waals surface area contributed by atoms with Crippen LogP contribution in [0.15, 0.2) is 36.8 Å². The third-order valence-corrected chi connectivity index (χ3v) is 4.52. The van der Waals surface area contributed by atoms with Crippen molar-refractivity contribution in [3.8, 4) is 11.5 Å². The second-order valence-electron chi connectivity index (χ2n) is 6.07. The lowest BCUT2D eigenvalue weighted by molar-refractivity contribution is 0.443. The van der Waals surface area contributed by atoms with Crippen molar-refractivity contribution in [2.24, 2.45) is 0 Å². The van der Waals surface area contributed by atoms with E-state index in [0.29, 0.717) is 23.2 Å². The standard InChI is InChI=1S/C17H19FN6/c1-23(13-3-2-7-19-9-13)16-6-8-20-17(22-16)14-10-21-15-5-4-12(18)11-24(14)15/h4-6,8,10-11,13,19H,2-3,7,9H2,1H3/t13-/m1/s1. The van der Waals surface area contributed by atoms with Gasteiger partial charge in [-0.15, -0.1) is 0 Å². The smallest absolute Gasteiger partial charge is 0.180 e. The Morgan fingerprint density at radius 2 is 2.21 bits per heavy atom. The van der Waals surface area contributed by atoms with Gasteiger partial charge in [-0.05, 0) is 37.6 Å². The van der Waals surface area contributed by atoms with Crippen molar-refractivity contribution in [3.05, 3.63) is 42.6 Å². The Morgan fingerprint density at radius 1 is 1.29 bits per heavy atom. The Hall–Kier alpha value is -2.54. The molecule has 1 atom stereocenters. The van der Waals surface area contributed by atoms with Gasteiger partial charge < -0.3 is 10.2 Å². The lowest BCUT2D eigenvalue weighted by Crippen LogP contribution is -2.44. The molecule has 0 amide bonds. The van der Waals surface area contributed by atoms with Crippen molar-refractivity contribution in [1.29, 1.82) is 0 Å². The fourth-order valence-corrected chi connectivity index (χ4v) is 3.14. The van der Waals surface area contributed by atoms with E-state index in [0.717, 1.165) is 25.3 Å². The SMILES string of the molecule is CN(c1ccnc(-c2cnc3ccc(F)cn23)n1)[C@@H]1CCCNC1. The highest BCUT2D eigenvalue weighted by molar-refractivity contribution is 5.58. The Morgan fingerprint density at radius 3 is 3.04 bits per heavy atom. The molecule has 0 bridgehead atoms. The molecule has 3 aromatic rings. The number of aromatic nitrogens is 4. The predicted octanol–water partition coefficient (Wildman–Crippen LogP) is 2.12. The first-order valence-corrected chi connectivity index (χ1v) is 8.12. The fourth-order valence-electron chi connectivity index (χ4n) is 3.14. The largest absolute Gasteiger partial charge is 0.355 e. The summed E-state index contributed by atoms with van der Waals surface area (Å²) in [4.78, 5) is 15.5. The maximum atomic E-state index is 13.6. The minimum Gasteiger partial charge on any atom is -0.355 e. The van der Waals surface area contributed by atoms with Crippen LogP contribution in [-0.2, 0) is 0 Å². The van der Waals surface area contributed by atoms with Crippen molar-refractivity contribution in [2.45, 2.75) is 18.9 Å². The van der Waals surface area contributed by atoms with E-state index in [4.69, 9.17) is 0 Å². The summed E-state index contributed by atoms with van der Waals surface area (Å²) in [6.07, 6.45) is 7.13. The Bertz CT molecular complexity index is 855. The summed E-state index contributed by atoms with van der Waals surface area (Å²) in [5.41, 5.74) is 1.35. The number of imidazole rings is 1. The fraction of sp³-hybridized carbons (Fsp3) is 0.353. The molecule has 1 fully saturated rings. The Kier molecular flexibility index (Phi) is 3.86. The van der Waals surface area contributed by atoms with Gasteiger partial charge in [0.1, 0.15) is 23.0 Å². The van der Waals surface area contributed by atoms with Gasteiger partial charge in [-0.1, -0.05) is 0 Å². The van der Waals surface area contributed by atoms with Crippen molar-refractivity contribution in [2.75, 3.05) is 25.0 Å². The lowest BCUT2D eigenvalue weighted by Gasteiger charge is -2.32. The number of halogens is 1. The van der Waals surface area contributed by atoms with E-state index in [9.17, 15) is 4.39 Å². The Labute approximate surface area is 139 Å². The zero-order chi connectivity index (χ0) is 16.5. The van der Waals surface area contributed by atoms with Gasteiger partial charge >= 0.3 is 0 Å². The van der Waals surface area contributed by atoms with Crippen molar-refractivity contribution < 1.29 is 4.39 Å². The molecule has 1 N–H and O–H groups in total. The molecular weight excluding hydrogens is 307 g/mol. The molecule has 0 aromatic carbocycles. The van der Waals surface area contributed by atoms with Crippen molar-refractivity contribution in [3.63, 3.8) is 0 Å². The minimum atomic E-state index is -0.316. The van der Waals surface area contributed by atoms with Gasteiger partial charge in [0.15, 0.2) is 5.82 Å².